The number of hydrogen-bond donors (Lipinski definition) is 2. The van der Waals surface area contributed by atoms with E-state index in [1.807, 2.05) is 32.5 Å². The molecule has 4 nitrogen and oxygen atoms in total. The van der Waals surface area contributed by atoms with Gasteiger partial charge in [-0.3, -0.25) is 0 Å². The van der Waals surface area contributed by atoms with Crippen molar-refractivity contribution in [3.8, 4) is 0 Å². The second kappa shape index (κ2) is 6.66. The van der Waals surface area contributed by atoms with Crippen molar-refractivity contribution in [2.75, 3.05) is 25.9 Å². The number of ether oxygens (including phenoxy) is 1. The Bertz CT molecular complexity index is 273. The number of rotatable bonds is 7. The zero-order valence-electron chi connectivity index (χ0n) is 12.0. The molecule has 0 unspecified atom stereocenters. The Labute approximate surface area is 115 Å². The van der Waals surface area contributed by atoms with Crippen LogP contribution in [0.15, 0.2) is 0 Å². The number of thioether (sulfide) groups is 1. The summed E-state index contributed by atoms with van der Waals surface area (Å²) in [6.07, 6.45) is 5.45. The van der Waals surface area contributed by atoms with Crippen LogP contribution in [0.5, 0.6) is 0 Å². The van der Waals surface area contributed by atoms with E-state index in [0.29, 0.717) is 11.3 Å². The Morgan fingerprint density at radius 1 is 1.33 bits per heavy atom. The van der Waals surface area contributed by atoms with E-state index < -0.39 is 5.60 Å². The Balaban J connectivity index is 1.94. The van der Waals surface area contributed by atoms with Crippen molar-refractivity contribution >= 4 is 17.9 Å². The molecule has 0 aliphatic heterocycles. The van der Waals surface area contributed by atoms with Crippen molar-refractivity contribution in [1.82, 2.24) is 10.6 Å². The van der Waals surface area contributed by atoms with Gasteiger partial charge in [0, 0.05) is 17.8 Å². The number of carbonyl (C=O) groups is 1. The van der Waals surface area contributed by atoms with Gasteiger partial charge in [0.15, 0.2) is 0 Å². The molecule has 0 aromatic carbocycles. The number of alkyl carbamates (subject to hydrolysis) is 1. The van der Waals surface area contributed by atoms with Gasteiger partial charge in [0.2, 0.25) is 0 Å². The van der Waals surface area contributed by atoms with E-state index in [2.05, 4.69) is 16.9 Å². The molecular formula is C13H26N2O2S. The van der Waals surface area contributed by atoms with Gasteiger partial charge in [0.05, 0.1) is 0 Å². The summed E-state index contributed by atoms with van der Waals surface area (Å²) in [5.41, 5.74) is -0.418. The Kier molecular flexibility index (Phi) is 5.79. The average Bonchev–Trinajstić information content (AvgIpc) is 3.01. The first-order chi connectivity index (χ1) is 8.37. The van der Waals surface area contributed by atoms with Gasteiger partial charge in [-0.25, -0.2) is 4.79 Å². The minimum atomic E-state index is -0.418. The van der Waals surface area contributed by atoms with Crippen molar-refractivity contribution in [1.29, 1.82) is 0 Å². The topological polar surface area (TPSA) is 50.4 Å². The summed E-state index contributed by atoms with van der Waals surface area (Å²) in [5, 5.41) is 6.21. The number of nitrogens with one attached hydrogen (secondary N) is 2. The largest absolute Gasteiger partial charge is 0.444 e. The molecule has 5 heteroatoms. The lowest BCUT2D eigenvalue weighted by Crippen LogP contribution is -2.34. The molecule has 0 aromatic heterocycles. The van der Waals surface area contributed by atoms with Crippen LogP contribution in [-0.2, 0) is 4.74 Å². The molecule has 106 valence electrons. The molecule has 1 fully saturated rings. The van der Waals surface area contributed by atoms with Crippen LogP contribution in [0.2, 0.25) is 0 Å². The molecule has 18 heavy (non-hydrogen) atoms. The second-order valence-corrected chi connectivity index (χ2v) is 7.12. The van der Waals surface area contributed by atoms with Crippen molar-refractivity contribution in [3.05, 3.63) is 0 Å². The van der Waals surface area contributed by atoms with Gasteiger partial charge in [-0.05, 0) is 52.8 Å². The lowest BCUT2D eigenvalue weighted by molar-refractivity contribution is 0.0527. The maximum atomic E-state index is 11.3. The second-order valence-electron chi connectivity index (χ2n) is 5.85. The van der Waals surface area contributed by atoms with Gasteiger partial charge in [0.25, 0.3) is 0 Å². The van der Waals surface area contributed by atoms with Crippen LogP contribution < -0.4 is 10.6 Å². The normalized spacial score (nSPS) is 17.3. The van der Waals surface area contributed by atoms with Gasteiger partial charge in [-0.1, -0.05) is 0 Å². The number of amides is 1. The maximum Gasteiger partial charge on any atom is 0.407 e. The SMILES string of the molecule is CSC1(CNCCCNC(=O)OC(C)(C)C)CC1. The third kappa shape index (κ3) is 6.50. The molecule has 0 atom stereocenters. The molecule has 2 N–H and O–H groups in total. The van der Waals surface area contributed by atoms with Crippen LogP contribution in [0.3, 0.4) is 0 Å². The third-order valence-corrected chi connectivity index (χ3v) is 4.31. The van der Waals surface area contributed by atoms with Crippen LogP contribution >= 0.6 is 11.8 Å². The van der Waals surface area contributed by atoms with Gasteiger partial charge in [0.1, 0.15) is 5.60 Å². The van der Waals surface area contributed by atoms with Crippen molar-refractivity contribution < 1.29 is 9.53 Å². The molecule has 0 spiro atoms. The van der Waals surface area contributed by atoms with Crippen molar-refractivity contribution in [2.24, 2.45) is 0 Å². The van der Waals surface area contributed by atoms with Crippen LogP contribution in [0, 0.1) is 0 Å². The van der Waals surface area contributed by atoms with Crippen LogP contribution in [0.4, 0.5) is 4.79 Å². The molecule has 0 heterocycles. The summed E-state index contributed by atoms with van der Waals surface area (Å²) in [6, 6.07) is 0. The fraction of sp³-hybridized carbons (Fsp3) is 0.923. The molecule has 1 aliphatic rings. The zero-order valence-corrected chi connectivity index (χ0v) is 12.8. The zero-order chi connectivity index (χ0) is 13.6. The third-order valence-electron chi connectivity index (χ3n) is 2.89. The smallest absolute Gasteiger partial charge is 0.407 e. The molecule has 0 radical (unpaired) electrons. The average molecular weight is 274 g/mol. The quantitative estimate of drug-likeness (QED) is 0.700. The van der Waals surface area contributed by atoms with Crippen LogP contribution in [0.25, 0.3) is 0 Å². The number of hydrogen-bond acceptors (Lipinski definition) is 4. The molecule has 1 rings (SSSR count). The molecule has 0 bridgehead atoms. The van der Waals surface area contributed by atoms with Crippen LogP contribution in [0.1, 0.15) is 40.0 Å². The minimum absolute atomic E-state index is 0.328. The lowest BCUT2D eigenvalue weighted by atomic mass is 10.2. The summed E-state index contributed by atoms with van der Waals surface area (Å²) in [6.45, 7) is 8.29. The van der Waals surface area contributed by atoms with Gasteiger partial charge >= 0.3 is 6.09 Å². The first-order valence-electron chi connectivity index (χ1n) is 6.60. The highest BCUT2D eigenvalue weighted by Crippen LogP contribution is 2.46. The number of carbonyl (C=O) groups excluding carboxylic acids is 1. The van der Waals surface area contributed by atoms with E-state index in [1.165, 1.54) is 12.8 Å². The van der Waals surface area contributed by atoms with E-state index in [-0.39, 0.29) is 6.09 Å². The van der Waals surface area contributed by atoms with E-state index in [9.17, 15) is 4.79 Å². The molecule has 0 saturated heterocycles. The molecule has 1 aliphatic carbocycles. The molecule has 0 aromatic rings. The van der Waals surface area contributed by atoms with Crippen molar-refractivity contribution in [2.45, 2.75) is 50.4 Å². The first kappa shape index (κ1) is 15.6. The van der Waals surface area contributed by atoms with Gasteiger partial charge < -0.3 is 15.4 Å². The minimum Gasteiger partial charge on any atom is -0.444 e. The summed E-state index contributed by atoms with van der Waals surface area (Å²) >= 11 is 1.96. The fourth-order valence-corrected chi connectivity index (χ4v) is 2.38. The van der Waals surface area contributed by atoms with E-state index >= 15 is 0 Å². The summed E-state index contributed by atoms with van der Waals surface area (Å²) in [4.78, 5) is 11.3. The highest BCUT2D eigenvalue weighted by atomic mass is 32.2. The molecule has 1 saturated carbocycles. The monoisotopic (exact) mass is 274 g/mol. The van der Waals surface area contributed by atoms with Gasteiger partial charge in [-0.2, -0.15) is 11.8 Å². The highest BCUT2D eigenvalue weighted by Gasteiger charge is 2.41. The fourth-order valence-electron chi connectivity index (χ4n) is 1.63. The summed E-state index contributed by atoms with van der Waals surface area (Å²) in [7, 11) is 0. The van der Waals surface area contributed by atoms with Gasteiger partial charge in [-0.15, -0.1) is 0 Å². The standard InChI is InChI=1S/C13H26N2O2S/c1-12(2,3)17-11(16)15-9-5-8-14-10-13(18-4)6-7-13/h14H,5-10H2,1-4H3,(H,15,16). The Morgan fingerprint density at radius 2 is 2.00 bits per heavy atom. The summed E-state index contributed by atoms with van der Waals surface area (Å²) in [5.74, 6) is 0. The molecule has 1 amide bonds. The highest BCUT2D eigenvalue weighted by molar-refractivity contribution is 8.00. The Morgan fingerprint density at radius 3 is 2.50 bits per heavy atom. The maximum absolute atomic E-state index is 11.3. The summed E-state index contributed by atoms with van der Waals surface area (Å²) < 4.78 is 5.66. The molecular weight excluding hydrogens is 248 g/mol. The van der Waals surface area contributed by atoms with E-state index in [4.69, 9.17) is 4.74 Å². The van der Waals surface area contributed by atoms with E-state index in [0.717, 1.165) is 19.5 Å². The first-order valence-corrected chi connectivity index (χ1v) is 7.82. The Hall–Kier alpha value is -0.420. The lowest BCUT2D eigenvalue weighted by Gasteiger charge is -2.19. The van der Waals surface area contributed by atoms with Crippen LogP contribution in [-0.4, -0.2) is 42.3 Å². The van der Waals surface area contributed by atoms with Crippen molar-refractivity contribution in [3.63, 3.8) is 0 Å². The predicted molar refractivity (Wildman–Crippen MR) is 77.2 cm³/mol. The van der Waals surface area contributed by atoms with E-state index in [1.54, 1.807) is 0 Å². The predicted octanol–water partition coefficient (Wildman–Crippen LogP) is 2.39.